The normalized spacial score (nSPS) is 10.4. The average Bonchev–Trinajstić information content (AvgIpc) is 2.25. The maximum Gasteiger partial charge on any atom is 0.235 e. The number of aryl methyl sites for hydroxylation is 2. The number of ether oxygens (including phenoxy) is 1. The lowest BCUT2D eigenvalue weighted by molar-refractivity contribution is 0.451. The quantitative estimate of drug-likeness (QED) is 0.755. The van der Waals surface area contributed by atoms with Gasteiger partial charge in [0.05, 0.1) is 3.57 Å². The zero-order chi connectivity index (χ0) is 12.4. The van der Waals surface area contributed by atoms with E-state index < -0.39 is 0 Å². The predicted octanol–water partition coefficient (Wildman–Crippen LogP) is 4.14. The van der Waals surface area contributed by atoms with Crippen LogP contribution in [-0.4, -0.2) is 9.97 Å². The zero-order valence-corrected chi connectivity index (χ0v) is 12.3. The van der Waals surface area contributed by atoms with Crippen molar-refractivity contribution in [3.8, 4) is 11.6 Å². The van der Waals surface area contributed by atoms with Crippen molar-refractivity contribution in [3.63, 3.8) is 0 Å². The van der Waals surface area contributed by atoms with Crippen LogP contribution in [0.5, 0.6) is 11.6 Å². The number of hydrogen-bond acceptors (Lipinski definition) is 3. The van der Waals surface area contributed by atoms with E-state index >= 15 is 0 Å². The van der Waals surface area contributed by atoms with Gasteiger partial charge < -0.3 is 4.74 Å². The van der Waals surface area contributed by atoms with Gasteiger partial charge in [0.2, 0.25) is 5.88 Å². The second-order valence-corrected chi connectivity index (χ2v) is 5.25. The third-order valence-electron chi connectivity index (χ3n) is 2.26. The van der Waals surface area contributed by atoms with Gasteiger partial charge in [-0.2, -0.15) is 0 Å². The van der Waals surface area contributed by atoms with Crippen LogP contribution in [0.4, 0.5) is 0 Å². The summed E-state index contributed by atoms with van der Waals surface area (Å²) >= 11 is 8.12. The highest BCUT2D eigenvalue weighted by Gasteiger charge is 2.10. The zero-order valence-electron chi connectivity index (χ0n) is 9.37. The SMILES string of the molecule is Cc1cc(Cl)cc(C)c1Oc1ncncc1I. The monoisotopic (exact) mass is 360 g/mol. The number of hydrogen-bond donors (Lipinski definition) is 0. The second-order valence-electron chi connectivity index (χ2n) is 3.65. The molecule has 0 spiro atoms. The van der Waals surface area contributed by atoms with E-state index in [1.165, 1.54) is 6.33 Å². The second kappa shape index (κ2) is 5.18. The number of rotatable bonds is 2. The molecule has 1 heterocycles. The molecule has 2 rings (SSSR count). The highest BCUT2D eigenvalue weighted by molar-refractivity contribution is 14.1. The molecule has 1 aromatic carbocycles. The smallest absolute Gasteiger partial charge is 0.235 e. The summed E-state index contributed by atoms with van der Waals surface area (Å²) in [4.78, 5) is 8.03. The van der Waals surface area contributed by atoms with Crippen molar-refractivity contribution in [2.75, 3.05) is 0 Å². The Hall–Kier alpha value is -0.880. The lowest BCUT2D eigenvalue weighted by atomic mass is 10.1. The van der Waals surface area contributed by atoms with Crippen molar-refractivity contribution < 1.29 is 4.74 Å². The number of halogens is 2. The van der Waals surface area contributed by atoms with Gasteiger partial charge in [-0.3, -0.25) is 0 Å². The predicted molar refractivity (Wildman–Crippen MR) is 75.7 cm³/mol. The summed E-state index contributed by atoms with van der Waals surface area (Å²) in [7, 11) is 0. The van der Waals surface area contributed by atoms with Gasteiger partial charge in [0, 0.05) is 11.2 Å². The van der Waals surface area contributed by atoms with Crippen LogP contribution >= 0.6 is 34.2 Å². The first kappa shape index (κ1) is 12.6. The molecule has 1 aromatic heterocycles. The Morgan fingerprint density at radius 1 is 1.24 bits per heavy atom. The van der Waals surface area contributed by atoms with E-state index in [2.05, 4.69) is 32.6 Å². The molecule has 0 aliphatic carbocycles. The molecule has 88 valence electrons. The third kappa shape index (κ3) is 2.87. The molecule has 0 bridgehead atoms. The summed E-state index contributed by atoms with van der Waals surface area (Å²) in [5.41, 5.74) is 1.98. The fourth-order valence-corrected chi connectivity index (χ4v) is 2.27. The van der Waals surface area contributed by atoms with Crippen LogP contribution in [0.25, 0.3) is 0 Å². The van der Waals surface area contributed by atoms with Crippen LogP contribution in [0.3, 0.4) is 0 Å². The molecule has 0 saturated heterocycles. The Labute approximate surface area is 118 Å². The maximum absolute atomic E-state index is 5.97. The Kier molecular flexibility index (Phi) is 3.83. The molecule has 0 amide bonds. The molecule has 0 radical (unpaired) electrons. The molecule has 2 aromatic rings. The molecular weight excluding hydrogens is 351 g/mol. The van der Waals surface area contributed by atoms with E-state index in [1.807, 2.05) is 26.0 Å². The molecule has 5 heteroatoms. The van der Waals surface area contributed by atoms with Gasteiger partial charge in [-0.25, -0.2) is 9.97 Å². The van der Waals surface area contributed by atoms with Crippen LogP contribution in [0.1, 0.15) is 11.1 Å². The van der Waals surface area contributed by atoms with E-state index in [0.717, 1.165) is 20.4 Å². The summed E-state index contributed by atoms with van der Waals surface area (Å²) in [5, 5.41) is 0.713. The fraction of sp³-hybridized carbons (Fsp3) is 0.167. The Morgan fingerprint density at radius 2 is 1.88 bits per heavy atom. The highest BCUT2D eigenvalue weighted by Crippen LogP contribution is 2.31. The van der Waals surface area contributed by atoms with E-state index in [1.54, 1.807) is 6.20 Å². The van der Waals surface area contributed by atoms with Crippen LogP contribution in [0.2, 0.25) is 5.02 Å². The Bertz CT molecular complexity index is 537. The maximum atomic E-state index is 5.97. The first-order chi connectivity index (χ1) is 8.08. The molecule has 0 aliphatic rings. The molecule has 0 atom stereocenters. The molecule has 0 aliphatic heterocycles. The van der Waals surface area contributed by atoms with Crippen LogP contribution in [-0.2, 0) is 0 Å². The minimum atomic E-state index is 0.564. The summed E-state index contributed by atoms with van der Waals surface area (Å²) in [6, 6.07) is 3.75. The van der Waals surface area contributed by atoms with Crippen molar-refractivity contribution in [3.05, 3.63) is 44.4 Å². The van der Waals surface area contributed by atoms with Crippen molar-refractivity contribution in [2.24, 2.45) is 0 Å². The summed E-state index contributed by atoms with van der Waals surface area (Å²) < 4.78 is 6.68. The lowest BCUT2D eigenvalue weighted by Crippen LogP contribution is -1.96. The minimum Gasteiger partial charge on any atom is -0.437 e. The van der Waals surface area contributed by atoms with Gasteiger partial charge >= 0.3 is 0 Å². The number of aromatic nitrogens is 2. The van der Waals surface area contributed by atoms with Crippen LogP contribution < -0.4 is 4.74 Å². The van der Waals surface area contributed by atoms with E-state index in [0.29, 0.717) is 10.9 Å². The summed E-state index contributed by atoms with van der Waals surface area (Å²) in [6.45, 7) is 3.92. The van der Waals surface area contributed by atoms with Crippen LogP contribution in [0, 0.1) is 17.4 Å². The molecule has 0 saturated carbocycles. The lowest BCUT2D eigenvalue weighted by Gasteiger charge is -2.12. The van der Waals surface area contributed by atoms with Gasteiger partial charge in [-0.1, -0.05) is 11.6 Å². The van der Waals surface area contributed by atoms with Crippen molar-refractivity contribution in [2.45, 2.75) is 13.8 Å². The van der Waals surface area contributed by atoms with Gasteiger partial charge in [0.15, 0.2) is 0 Å². The van der Waals surface area contributed by atoms with Crippen molar-refractivity contribution in [1.29, 1.82) is 0 Å². The summed E-state index contributed by atoms with van der Waals surface area (Å²) in [6.07, 6.45) is 3.18. The number of benzene rings is 1. The standard InChI is InChI=1S/C12H10ClIN2O/c1-7-3-9(13)4-8(2)11(7)17-12-10(14)5-15-6-16-12/h3-6H,1-2H3. The molecule has 0 unspecified atom stereocenters. The van der Waals surface area contributed by atoms with Crippen molar-refractivity contribution >= 4 is 34.2 Å². The third-order valence-corrected chi connectivity index (χ3v) is 3.22. The average molecular weight is 361 g/mol. The van der Waals surface area contributed by atoms with E-state index in [4.69, 9.17) is 16.3 Å². The van der Waals surface area contributed by atoms with Gasteiger partial charge in [-0.15, -0.1) is 0 Å². The van der Waals surface area contributed by atoms with E-state index in [9.17, 15) is 0 Å². The molecule has 0 fully saturated rings. The molecule has 3 nitrogen and oxygen atoms in total. The Balaban J connectivity index is 2.40. The fourth-order valence-electron chi connectivity index (χ4n) is 1.53. The first-order valence-corrected chi connectivity index (χ1v) is 6.43. The number of nitrogens with zero attached hydrogens (tertiary/aromatic N) is 2. The van der Waals surface area contributed by atoms with Crippen LogP contribution in [0.15, 0.2) is 24.7 Å². The summed E-state index contributed by atoms with van der Waals surface area (Å²) in [5.74, 6) is 1.36. The van der Waals surface area contributed by atoms with Gasteiger partial charge in [0.25, 0.3) is 0 Å². The molecule has 17 heavy (non-hydrogen) atoms. The first-order valence-electron chi connectivity index (χ1n) is 4.98. The largest absolute Gasteiger partial charge is 0.437 e. The molecular formula is C12H10ClIN2O. The van der Waals surface area contributed by atoms with Gasteiger partial charge in [0.1, 0.15) is 12.1 Å². The highest BCUT2D eigenvalue weighted by atomic mass is 127. The van der Waals surface area contributed by atoms with Crippen molar-refractivity contribution in [1.82, 2.24) is 9.97 Å². The minimum absolute atomic E-state index is 0.564. The van der Waals surface area contributed by atoms with Gasteiger partial charge in [-0.05, 0) is 59.7 Å². The topological polar surface area (TPSA) is 35.0 Å². The van der Waals surface area contributed by atoms with E-state index in [-0.39, 0.29) is 0 Å². The Morgan fingerprint density at radius 3 is 2.47 bits per heavy atom. The molecule has 0 N–H and O–H groups in total.